The minimum absolute atomic E-state index is 0.269. The topological polar surface area (TPSA) is 15.3 Å². The summed E-state index contributed by atoms with van der Waals surface area (Å²) in [4.78, 5) is 2.30. The van der Waals surface area contributed by atoms with Gasteiger partial charge in [-0.3, -0.25) is 0 Å². The standard InChI is InChI=1S/C16H18N2.C3H8.C2H6/c1-11-4-7-14(8-5-11)16-13(3)18-10-12(2)6-9-15(18)17-16;1-3-2;1-2/h4-10,15,17H,1-3H3;3H2,1-2H3;1-2H3. The molecule has 0 saturated carbocycles. The molecule has 2 nitrogen and oxygen atoms in total. The third kappa shape index (κ3) is 4.75. The lowest BCUT2D eigenvalue weighted by Gasteiger charge is -2.25. The van der Waals surface area contributed by atoms with E-state index in [4.69, 9.17) is 0 Å². The predicted octanol–water partition coefficient (Wildman–Crippen LogP) is 5.83. The van der Waals surface area contributed by atoms with E-state index in [0.29, 0.717) is 0 Å². The molecule has 0 spiro atoms. The molecule has 1 aromatic rings. The van der Waals surface area contributed by atoms with Crippen molar-refractivity contribution < 1.29 is 0 Å². The van der Waals surface area contributed by atoms with E-state index in [1.807, 2.05) is 13.8 Å². The average Bonchev–Trinajstić information content (AvgIpc) is 2.88. The van der Waals surface area contributed by atoms with E-state index in [1.54, 1.807) is 0 Å². The highest BCUT2D eigenvalue weighted by molar-refractivity contribution is 5.70. The van der Waals surface area contributed by atoms with Crippen molar-refractivity contribution in [1.82, 2.24) is 10.2 Å². The Balaban J connectivity index is 0.000000477. The number of rotatable bonds is 1. The van der Waals surface area contributed by atoms with Gasteiger partial charge in [0, 0.05) is 11.9 Å². The van der Waals surface area contributed by atoms with Gasteiger partial charge >= 0.3 is 0 Å². The lowest BCUT2D eigenvalue weighted by Crippen LogP contribution is -2.33. The fourth-order valence-electron chi connectivity index (χ4n) is 2.50. The SMILES string of the molecule is CC.CC1=CN2C(C)=C(c3ccc(C)cc3)NC2C=C1.CCC. The van der Waals surface area contributed by atoms with Crippen molar-refractivity contribution in [3.8, 4) is 0 Å². The second-order valence-corrected chi connectivity index (χ2v) is 5.76. The van der Waals surface area contributed by atoms with Crippen molar-refractivity contribution in [2.75, 3.05) is 0 Å². The van der Waals surface area contributed by atoms with Crippen LogP contribution in [-0.4, -0.2) is 11.1 Å². The first-order valence-corrected chi connectivity index (χ1v) is 8.76. The van der Waals surface area contributed by atoms with Crippen molar-refractivity contribution in [3.63, 3.8) is 0 Å². The summed E-state index contributed by atoms with van der Waals surface area (Å²) in [5.74, 6) is 0. The van der Waals surface area contributed by atoms with Crippen molar-refractivity contribution >= 4 is 5.70 Å². The number of nitrogens with one attached hydrogen (secondary N) is 1. The van der Waals surface area contributed by atoms with Crippen LogP contribution in [0.15, 0.2) is 53.9 Å². The van der Waals surface area contributed by atoms with Crippen LogP contribution in [0.1, 0.15) is 59.1 Å². The van der Waals surface area contributed by atoms with Gasteiger partial charge in [-0.1, -0.05) is 70.0 Å². The van der Waals surface area contributed by atoms with Gasteiger partial charge in [-0.05, 0) is 38.0 Å². The summed E-state index contributed by atoms with van der Waals surface area (Å²) in [6.45, 7) is 14.7. The molecular formula is C21H32N2. The van der Waals surface area contributed by atoms with Crippen molar-refractivity contribution in [1.29, 1.82) is 0 Å². The van der Waals surface area contributed by atoms with Gasteiger partial charge in [0.15, 0.2) is 0 Å². The third-order valence-electron chi connectivity index (χ3n) is 3.57. The van der Waals surface area contributed by atoms with E-state index in [2.05, 4.69) is 87.5 Å². The minimum atomic E-state index is 0.269. The van der Waals surface area contributed by atoms with Crippen LogP contribution in [0.5, 0.6) is 0 Å². The van der Waals surface area contributed by atoms with Gasteiger partial charge in [0.1, 0.15) is 6.17 Å². The first-order valence-electron chi connectivity index (χ1n) is 8.76. The Kier molecular flexibility index (Phi) is 7.67. The van der Waals surface area contributed by atoms with E-state index in [0.717, 1.165) is 0 Å². The molecule has 2 aliphatic heterocycles. The molecule has 0 amide bonds. The largest absolute Gasteiger partial charge is 0.360 e. The summed E-state index contributed by atoms with van der Waals surface area (Å²) in [6.07, 6.45) is 8.10. The van der Waals surface area contributed by atoms with E-state index < -0.39 is 0 Å². The molecule has 2 heteroatoms. The molecule has 1 N–H and O–H groups in total. The molecule has 2 heterocycles. The van der Waals surface area contributed by atoms with Crippen LogP contribution in [0.25, 0.3) is 5.70 Å². The molecule has 1 aromatic carbocycles. The lowest BCUT2D eigenvalue weighted by molar-refractivity contribution is 0.399. The maximum atomic E-state index is 3.57. The number of aryl methyl sites for hydroxylation is 1. The van der Waals surface area contributed by atoms with E-state index in [-0.39, 0.29) is 6.17 Å². The summed E-state index contributed by atoms with van der Waals surface area (Å²) in [5.41, 5.74) is 6.36. The fraction of sp³-hybridized carbons (Fsp3) is 0.429. The maximum Gasteiger partial charge on any atom is 0.123 e. The summed E-state index contributed by atoms with van der Waals surface area (Å²) in [6, 6.07) is 8.68. The maximum absolute atomic E-state index is 3.57. The number of fused-ring (bicyclic) bond motifs is 1. The van der Waals surface area contributed by atoms with Crippen LogP contribution in [0.3, 0.4) is 0 Å². The van der Waals surface area contributed by atoms with Crippen molar-refractivity contribution in [2.45, 2.75) is 61.1 Å². The van der Waals surface area contributed by atoms with Crippen molar-refractivity contribution in [3.05, 3.63) is 65.0 Å². The Morgan fingerprint density at radius 2 is 1.57 bits per heavy atom. The Labute approximate surface area is 142 Å². The zero-order chi connectivity index (χ0) is 17.4. The smallest absolute Gasteiger partial charge is 0.123 e. The van der Waals surface area contributed by atoms with Gasteiger partial charge in [-0.15, -0.1) is 0 Å². The predicted molar refractivity (Wildman–Crippen MR) is 103 cm³/mol. The number of allylic oxidation sites excluding steroid dienone is 3. The Morgan fingerprint density at radius 1 is 1.00 bits per heavy atom. The minimum Gasteiger partial charge on any atom is -0.360 e. The molecule has 0 saturated heterocycles. The van der Waals surface area contributed by atoms with Gasteiger partial charge in [-0.2, -0.15) is 0 Å². The van der Waals surface area contributed by atoms with Crippen LogP contribution in [0.4, 0.5) is 0 Å². The molecule has 2 aliphatic rings. The first kappa shape index (κ1) is 19.1. The van der Waals surface area contributed by atoms with Gasteiger partial charge in [0.25, 0.3) is 0 Å². The number of nitrogens with zero attached hydrogens (tertiary/aromatic N) is 1. The number of benzene rings is 1. The van der Waals surface area contributed by atoms with Gasteiger partial charge < -0.3 is 10.2 Å². The first-order chi connectivity index (χ1) is 11.1. The molecule has 0 radical (unpaired) electrons. The molecule has 23 heavy (non-hydrogen) atoms. The van der Waals surface area contributed by atoms with Gasteiger partial charge in [0.05, 0.1) is 5.70 Å². The molecule has 126 valence electrons. The van der Waals surface area contributed by atoms with Crippen LogP contribution >= 0.6 is 0 Å². The highest BCUT2D eigenvalue weighted by Crippen LogP contribution is 2.30. The Morgan fingerprint density at radius 3 is 2.13 bits per heavy atom. The van der Waals surface area contributed by atoms with Gasteiger partial charge in [-0.25, -0.2) is 0 Å². The molecule has 0 bridgehead atoms. The summed E-state index contributed by atoms with van der Waals surface area (Å²) in [7, 11) is 0. The Hall–Kier alpha value is -1.96. The Bertz CT molecular complexity index is 576. The van der Waals surface area contributed by atoms with Crippen molar-refractivity contribution in [2.24, 2.45) is 0 Å². The molecule has 1 atom stereocenters. The lowest BCUT2D eigenvalue weighted by atomic mass is 10.1. The fourth-order valence-corrected chi connectivity index (χ4v) is 2.50. The quantitative estimate of drug-likeness (QED) is 0.701. The van der Waals surface area contributed by atoms with E-state index in [1.165, 1.54) is 34.5 Å². The molecular weight excluding hydrogens is 280 g/mol. The molecule has 0 aromatic heterocycles. The van der Waals surface area contributed by atoms with Crippen LogP contribution in [0.2, 0.25) is 0 Å². The molecule has 0 fully saturated rings. The second-order valence-electron chi connectivity index (χ2n) is 5.76. The molecule has 1 unspecified atom stereocenters. The summed E-state index contributed by atoms with van der Waals surface area (Å²) < 4.78 is 0. The average molecular weight is 313 g/mol. The normalized spacial score (nSPS) is 18.1. The highest BCUT2D eigenvalue weighted by Gasteiger charge is 2.27. The molecule has 3 rings (SSSR count). The zero-order valence-electron chi connectivity index (χ0n) is 15.8. The third-order valence-corrected chi connectivity index (χ3v) is 3.57. The zero-order valence-corrected chi connectivity index (χ0v) is 15.8. The van der Waals surface area contributed by atoms with Crippen LogP contribution in [-0.2, 0) is 0 Å². The number of hydrogen-bond donors (Lipinski definition) is 1. The summed E-state index contributed by atoms with van der Waals surface area (Å²) in [5, 5.41) is 3.57. The van der Waals surface area contributed by atoms with E-state index in [9.17, 15) is 0 Å². The summed E-state index contributed by atoms with van der Waals surface area (Å²) >= 11 is 0. The van der Waals surface area contributed by atoms with Crippen LogP contribution < -0.4 is 5.32 Å². The number of hydrogen-bond acceptors (Lipinski definition) is 2. The monoisotopic (exact) mass is 312 g/mol. The van der Waals surface area contributed by atoms with E-state index >= 15 is 0 Å². The second kappa shape index (κ2) is 9.24. The highest BCUT2D eigenvalue weighted by atomic mass is 15.3. The van der Waals surface area contributed by atoms with Crippen LogP contribution in [0, 0.1) is 6.92 Å². The molecule has 0 aliphatic carbocycles. The van der Waals surface area contributed by atoms with Gasteiger partial charge in [0.2, 0.25) is 0 Å².